The summed E-state index contributed by atoms with van der Waals surface area (Å²) in [6.07, 6.45) is 3.48. The minimum atomic E-state index is 0.0303. The first-order chi connectivity index (χ1) is 18.1. The number of hydrogen-bond acceptors (Lipinski definition) is 1. The average molecular weight is 572 g/mol. The summed E-state index contributed by atoms with van der Waals surface area (Å²) in [5.41, 5.74) is 8.70. The second-order valence-electron chi connectivity index (χ2n) is 11.3. The van der Waals surface area contributed by atoms with Gasteiger partial charge in [-0.3, -0.25) is 6.08 Å². The van der Waals surface area contributed by atoms with Crippen LogP contribution < -0.4 is 4.74 Å². The molecule has 0 N–H and O–H groups in total. The van der Waals surface area contributed by atoms with Crippen LogP contribution in [0.3, 0.4) is 0 Å². The summed E-state index contributed by atoms with van der Waals surface area (Å²) in [7, 11) is 0. The number of ether oxygens (including phenoxy) is 1. The molecule has 208 valence electrons. The minimum absolute atomic E-state index is 0.0303. The smallest absolute Gasteiger partial charge is 0.110 e. The van der Waals surface area contributed by atoms with Crippen LogP contribution >= 0.6 is 0 Å². The number of para-hydroxylation sites is 1. The van der Waals surface area contributed by atoms with Crippen molar-refractivity contribution in [2.45, 2.75) is 73.9 Å². The Kier molecular flexibility index (Phi) is 14.8. The Hall–Kier alpha value is -2.39. The summed E-state index contributed by atoms with van der Waals surface area (Å²) in [6, 6.07) is 24.0. The summed E-state index contributed by atoms with van der Waals surface area (Å²) in [6.45, 7) is 29.7. The van der Waals surface area contributed by atoms with Crippen LogP contribution in [0, 0.1) is 32.8 Å². The molecule has 1 atom stereocenters. The van der Waals surface area contributed by atoms with Gasteiger partial charge in [-0.05, 0) is 17.5 Å². The van der Waals surface area contributed by atoms with Crippen molar-refractivity contribution in [2.75, 3.05) is 0 Å². The van der Waals surface area contributed by atoms with Crippen molar-refractivity contribution in [3.8, 4) is 11.5 Å². The summed E-state index contributed by atoms with van der Waals surface area (Å²) in [5.74, 6) is 2.29. The standard InChI is InChI=1S/C18H21O.C9H13.C7H7.C2H6Si.Ti/c1-13-11-14(2)17(16(12-13)18(3,4)5)19-15-9-7-6-8-10-15;1-6-5-7(2)9(4)8(6)3;1-7-5-3-2-4-6-7;1-3-2;/h6-12H,2H2,1,3-5H3;6H,1-4H3;2-6H,1H2;1-2H3;/q3*-1;;. The van der Waals surface area contributed by atoms with E-state index in [0.29, 0.717) is 5.92 Å². The molecule has 0 amide bonds. The normalized spacial score (nSPS) is 14.0. The third kappa shape index (κ3) is 13.0. The van der Waals surface area contributed by atoms with Gasteiger partial charge in [0, 0.05) is 5.75 Å². The molecule has 0 aliphatic heterocycles. The van der Waals surface area contributed by atoms with E-state index in [2.05, 4.69) is 120 Å². The van der Waals surface area contributed by atoms with Gasteiger partial charge in [0.15, 0.2) is 0 Å². The van der Waals surface area contributed by atoms with Gasteiger partial charge in [0.1, 0.15) is 5.75 Å². The Morgan fingerprint density at radius 2 is 1.33 bits per heavy atom. The molecule has 3 aromatic rings. The zero-order valence-electron chi connectivity index (χ0n) is 25.8. The Morgan fingerprint density at radius 1 is 0.846 bits per heavy atom. The van der Waals surface area contributed by atoms with E-state index in [1.54, 1.807) is 0 Å². The third-order valence-corrected chi connectivity index (χ3v) is 6.16. The molecule has 3 aromatic carbocycles. The van der Waals surface area contributed by atoms with Gasteiger partial charge < -0.3 is 4.74 Å². The molecular formula is C36H47OSiTi-3. The predicted octanol–water partition coefficient (Wildman–Crippen LogP) is 10.6. The molecule has 0 aromatic heterocycles. The monoisotopic (exact) mass is 571 g/mol. The van der Waals surface area contributed by atoms with Crippen molar-refractivity contribution >= 4 is 6.19 Å². The summed E-state index contributed by atoms with van der Waals surface area (Å²) in [4.78, 5) is 0. The van der Waals surface area contributed by atoms with E-state index in [4.69, 9.17) is 4.74 Å². The van der Waals surface area contributed by atoms with E-state index in [0.717, 1.165) is 22.6 Å². The van der Waals surface area contributed by atoms with E-state index in [1.165, 1.54) is 27.8 Å². The molecule has 0 saturated carbocycles. The van der Waals surface area contributed by atoms with Crippen molar-refractivity contribution in [3.05, 3.63) is 132 Å². The summed E-state index contributed by atoms with van der Waals surface area (Å²) >= 11 is 2.27. The molecule has 0 fully saturated rings. The van der Waals surface area contributed by atoms with Gasteiger partial charge in [-0.25, -0.2) is 5.57 Å². The summed E-state index contributed by atoms with van der Waals surface area (Å²) < 4.78 is 6.06. The molecule has 4 rings (SSSR count). The van der Waals surface area contributed by atoms with Crippen LogP contribution in [-0.4, -0.2) is 6.19 Å². The van der Waals surface area contributed by atoms with Crippen molar-refractivity contribution in [2.24, 2.45) is 5.92 Å². The van der Waals surface area contributed by atoms with Crippen molar-refractivity contribution < 1.29 is 23.9 Å². The van der Waals surface area contributed by atoms with Gasteiger partial charge in [-0.1, -0.05) is 90.3 Å². The zero-order valence-corrected chi connectivity index (χ0v) is 28.4. The fourth-order valence-corrected chi connectivity index (χ4v) is 3.77. The molecule has 1 aliphatic rings. The molecule has 39 heavy (non-hydrogen) atoms. The maximum absolute atomic E-state index is 6.06. The molecule has 1 unspecified atom stereocenters. The number of hydrogen-bond donors (Lipinski definition) is 0. The Labute approximate surface area is 252 Å². The van der Waals surface area contributed by atoms with E-state index < -0.39 is 0 Å². The predicted molar refractivity (Wildman–Crippen MR) is 169 cm³/mol. The van der Waals surface area contributed by atoms with Gasteiger partial charge in [-0.15, -0.1) is 24.6 Å². The first kappa shape index (κ1) is 34.6. The van der Waals surface area contributed by atoms with E-state index in [9.17, 15) is 0 Å². The van der Waals surface area contributed by atoms with Gasteiger partial charge in [0.05, 0.1) is 0 Å². The number of aryl methyl sites for hydroxylation is 1. The van der Waals surface area contributed by atoms with Crippen molar-refractivity contribution in [1.82, 2.24) is 0 Å². The first-order valence-electron chi connectivity index (χ1n) is 13.5. The average Bonchev–Trinajstić information content (AvgIpc) is 3.07. The van der Waals surface area contributed by atoms with Crippen LogP contribution in [-0.2, 0) is 24.6 Å². The van der Waals surface area contributed by atoms with Crippen LogP contribution in [0.15, 0.2) is 89.5 Å². The quantitative estimate of drug-likeness (QED) is 0.220. The Bertz CT molecular complexity index is 1240. The Morgan fingerprint density at radius 3 is 1.67 bits per heavy atom. The second kappa shape index (κ2) is 16.7. The minimum Gasteiger partial charge on any atom is -0.516 e. The molecule has 0 heterocycles. The van der Waals surface area contributed by atoms with Gasteiger partial charge in [0.25, 0.3) is 0 Å². The fourth-order valence-electron chi connectivity index (χ4n) is 3.77. The molecule has 0 radical (unpaired) electrons. The van der Waals surface area contributed by atoms with Gasteiger partial charge >= 0.3 is 38.5 Å². The molecule has 3 heteroatoms. The van der Waals surface area contributed by atoms with Crippen LogP contribution in [0.1, 0.15) is 70.7 Å². The van der Waals surface area contributed by atoms with E-state index in [-0.39, 0.29) is 11.6 Å². The first-order valence-corrected chi connectivity index (χ1v) is 18.3. The van der Waals surface area contributed by atoms with Crippen molar-refractivity contribution in [1.29, 1.82) is 0 Å². The maximum Gasteiger partial charge on any atom is 0.110 e. The fraction of sp³-hybridized carbons (Fsp3) is 0.333. The Balaban J connectivity index is 0.000000313. The van der Waals surface area contributed by atoms with Gasteiger partial charge in [0.2, 0.25) is 0 Å². The van der Waals surface area contributed by atoms with E-state index in [1.807, 2.05) is 60.7 Å². The summed E-state index contributed by atoms with van der Waals surface area (Å²) in [5, 5.41) is 0. The zero-order chi connectivity index (χ0) is 29.8. The topological polar surface area (TPSA) is 9.23 Å². The largest absolute Gasteiger partial charge is 0.516 e. The molecule has 0 bridgehead atoms. The second-order valence-corrected chi connectivity index (χ2v) is 17.9. The van der Waals surface area contributed by atoms with Crippen LogP contribution in [0.4, 0.5) is 0 Å². The molecular weight excluding hydrogens is 524 g/mol. The van der Waals surface area contributed by atoms with E-state index >= 15 is 0 Å². The number of benzene rings is 3. The molecule has 0 saturated heterocycles. The van der Waals surface area contributed by atoms with Crippen LogP contribution in [0.25, 0.3) is 0 Å². The van der Waals surface area contributed by atoms with Crippen molar-refractivity contribution in [3.63, 3.8) is 0 Å². The number of allylic oxidation sites excluding steroid dienone is 4. The molecule has 1 nitrogen and oxygen atoms in total. The maximum atomic E-state index is 6.06. The number of rotatable bonds is 2. The molecule has 1 aliphatic carbocycles. The van der Waals surface area contributed by atoms with Crippen LogP contribution in [0.2, 0.25) is 13.1 Å². The SMILES string of the molecule is CC1=[C-]C(C)C(C)=C1C.C[Si](C)=[Ti].[CH2-]c1cc(C)cc(C(C)(C)C)c1Oc1ccccc1.[CH2-]c1ccccc1. The van der Waals surface area contributed by atoms with Crippen LogP contribution in [0.5, 0.6) is 11.5 Å². The van der Waals surface area contributed by atoms with Gasteiger partial charge in [-0.2, -0.15) is 54.3 Å². The molecule has 0 spiro atoms. The third-order valence-electron chi connectivity index (χ3n) is 6.16.